The Labute approximate surface area is 99.0 Å². The third-order valence-corrected chi connectivity index (χ3v) is 2.44. The molecule has 0 unspecified atom stereocenters. The first-order valence-electron chi connectivity index (χ1n) is 5.26. The predicted octanol–water partition coefficient (Wildman–Crippen LogP) is 0.871. The molecule has 1 heterocycles. The van der Waals surface area contributed by atoms with Crippen molar-refractivity contribution in [3.05, 3.63) is 35.4 Å². The lowest BCUT2D eigenvalue weighted by Gasteiger charge is -2.04. The van der Waals surface area contributed by atoms with Crippen LogP contribution in [-0.2, 0) is 4.79 Å². The van der Waals surface area contributed by atoms with Gasteiger partial charge in [-0.05, 0) is 12.1 Å². The van der Waals surface area contributed by atoms with E-state index in [1.807, 2.05) is 30.3 Å². The van der Waals surface area contributed by atoms with Crippen LogP contribution in [0.1, 0.15) is 12.0 Å². The first-order valence-corrected chi connectivity index (χ1v) is 5.26. The molecule has 0 saturated carbocycles. The summed E-state index contributed by atoms with van der Waals surface area (Å²) in [5.41, 5.74) is 1.55. The molecule has 0 aromatic heterocycles. The van der Waals surface area contributed by atoms with Gasteiger partial charge >= 0.3 is 0 Å². The molecule has 17 heavy (non-hydrogen) atoms. The molecule has 1 amide bonds. The van der Waals surface area contributed by atoms with E-state index >= 15 is 0 Å². The molecule has 0 spiro atoms. The zero-order valence-corrected chi connectivity index (χ0v) is 9.22. The second-order valence-electron chi connectivity index (χ2n) is 3.56. The minimum absolute atomic E-state index is 0.209. The number of nitrogens with one attached hydrogen (secondary N) is 1. The van der Waals surface area contributed by atoms with Crippen molar-refractivity contribution >= 4 is 18.3 Å². The molecule has 1 aromatic carbocycles. The fraction of sp³-hybridized carbons (Fsp3) is 0.167. The summed E-state index contributed by atoms with van der Waals surface area (Å²) >= 11 is 0. The van der Waals surface area contributed by atoms with Crippen LogP contribution in [0.15, 0.2) is 34.9 Å². The summed E-state index contributed by atoms with van der Waals surface area (Å²) in [7, 11) is 0. The highest BCUT2D eigenvalue weighted by molar-refractivity contribution is 6.03. The number of nitrogens with zero attached hydrogens (tertiary/aromatic N) is 1. The lowest BCUT2D eigenvalue weighted by atomic mass is 10.1. The fourth-order valence-electron chi connectivity index (χ4n) is 1.63. The molecule has 0 atom stereocenters. The fourth-order valence-corrected chi connectivity index (χ4v) is 1.63. The van der Waals surface area contributed by atoms with E-state index in [4.69, 9.17) is 10.6 Å². The van der Waals surface area contributed by atoms with Gasteiger partial charge in [0.15, 0.2) is 0 Å². The summed E-state index contributed by atoms with van der Waals surface area (Å²) < 4.78 is 5.54. The Hall–Kier alpha value is -2.30. The third kappa shape index (κ3) is 2.63. The first-order chi connectivity index (χ1) is 8.31. The standard InChI is InChI=1S/C12H13N3O2/c13-15-8-14-12(16)10-5-6-17-11-4-2-1-3-9(11)7-10/h1-4,7-8H,5-6,13H2,(H,14,15,16). The second kappa shape index (κ2) is 5.16. The molecule has 0 fully saturated rings. The minimum atomic E-state index is -0.209. The van der Waals surface area contributed by atoms with Gasteiger partial charge in [-0.1, -0.05) is 18.2 Å². The number of hydrazone groups is 1. The average Bonchev–Trinajstić information content (AvgIpc) is 2.58. The summed E-state index contributed by atoms with van der Waals surface area (Å²) in [6.07, 6.45) is 3.54. The molecular formula is C12H13N3O2. The van der Waals surface area contributed by atoms with E-state index in [9.17, 15) is 4.79 Å². The van der Waals surface area contributed by atoms with Gasteiger partial charge in [0.1, 0.15) is 12.1 Å². The van der Waals surface area contributed by atoms with Crippen LogP contribution in [0.25, 0.3) is 6.08 Å². The molecule has 0 saturated heterocycles. The maximum Gasteiger partial charge on any atom is 0.252 e. The quantitative estimate of drug-likeness (QED) is 0.343. The van der Waals surface area contributed by atoms with Gasteiger partial charge in [-0.25, -0.2) is 0 Å². The Kier molecular flexibility index (Phi) is 3.40. The molecule has 0 bridgehead atoms. The minimum Gasteiger partial charge on any atom is -0.493 e. The van der Waals surface area contributed by atoms with E-state index in [1.165, 1.54) is 6.34 Å². The summed E-state index contributed by atoms with van der Waals surface area (Å²) in [5.74, 6) is 5.51. The Morgan fingerprint density at radius 2 is 2.29 bits per heavy atom. The number of carbonyl (C=O) groups is 1. The Balaban J connectivity index is 2.25. The topological polar surface area (TPSA) is 76.7 Å². The van der Waals surface area contributed by atoms with Crippen molar-refractivity contribution in [2.45, 2.75) is 6.42 Å². The number of benzene rings is 1. The van der Waals surface area contributed by atoms with Crippen LogP contribution in [0.3, 0.4) is 0 Å². The van der Waals surface area contributed by atoms with E-state index in [0.717, 1.165) is 11.3 Å². The molecule has 5 heteroatoms. The molecule has 3 N–H and O–H groups in total. The SMILES string of the molecule is NN=CNC(=O)C1=Cc2ccccc2OCC1. The summed E-state index contributed by atoms with van der Waals surface area (Å²) in [5, 5.41) is 5.70. The number of carbonyl (C=O) groups excluding carboxylic acids is 1. The normalized spacial score (nSPS) is 14.5. The lowest BCUT2D eigenvalue weighted by molar-refractivity contribution is -0.116. The van der Waals surface area contributed by atoms with Gasteiger partial charge in [-0.2, -0.15) is 5.10 Å². The van der Waals surface area contributed by atoms with Gasteiger partial charge in [0, 0.05) is 17.6 Å². The predicted molar refractivity (Wildman–Crippen MR) is 65.4 cm³/mol. The van der Waals surface area contributed by atoms with Crippen molar-refractivity contribution < 1.29 is 9.53 Å². The van der Waals surface area contributed by atoms with Crippen molar-refractivity contribution in [2.24, 2.45) is 10.9 Å². The molecule has 88 valence electrons. The maximum atomic E-state index is 11.7. The highest BCUT2D eigenvalue weighted by Gasteiger charge is 2.14. The molecule has 1 aliphatic heterocycles. The van der Waals surface area contributed by atoms with Crippen molar-refractivity contribution in [3.63, 3.8) is 0 Å². The third-order valence-electron chi connectivity index (χ3n) is 2.44. The molecular weight excluding hydrogens is 218 g/mol. The number of rotatable bonds is 2. The maximum absolute atomic E-state index is 11.7. The molecule has 2 rings (SSSR count). The summed E-state index contributed by atoms with van der Waals surface area (Å²) in [4.78, 5) is 11.7. The van der Waals surface area contributed by atoms with Crippen LogP contribution in [0.5, 0.6) is 5.75 Å². The van der Waals surface area contributed by atoms with Gasteiger partial charge in [0.05, 0.1) is 6.61 Å². The first kappa shape index (κ1) is 11.2. The highest BCUT2D eigenvalue weighted by Crippen LogP contribution is 2.25. The van der Waals surface area contributed by atoms with Crippen molar-refractivity contribution in [3.8, 4) is 5.75 Å². The number of fused-ring (bicyclic) bond motifs is 1. The Morgan fingerprint density at radius 1 is 1.47 bits per heavy atom. The second-order valence-corrected chi connectivity index (χ2v) is 3.56. The largest absolute Gasteiger partial charge is 0.493 e. The van der Waals surface area contributed by atoms with Gasteiger partial charge in [-0.3, -0.25) is 4.79 Å². The number of hydrogen-bond donors (Lipinski definition) is 2. The summed E-state index contributed by atoms with van der Waals surface area (Å²) in [6, 6.07) is 7.60. The van der Waals surface area contributed by atoms with Crippen LogP contribution >= 0.6 is 0 Å². The van der Waals surface area contributed by atoms with Gasteiger partial charge in [0.2, 0.25) is 0 Å². The monoisotopic (exact) mass is 231 g/mol. The number of hydrogen-bond acceptors (Lipinski definition) is 4. The zero-order valence-electron chi connectivity index (χ0n) is 9.22. The van der Waals surface area contributed by atoms with Crippen LogP contribution < -0.4 is 15.9 Å². The number of para-hydroxylation sites is 1. The number of amides is 1. The molecule has 0 aliphatic carbocycles. The Bertz CT molecular complexity index is 480. The van der Waals surface area contributed by atoms with Crippen LogP contribution in [-0.4, -0.2) is 18.9 Å². The highest BCUT2D eigenvalue weighted by atomic mass is 16.5. The molecule has 0 radical (unpaired) electrons. The van der Waals surface area contributed by atoms with Gasteiger partial charge in [-0.15, -0.1) is 0 Å². The Morgan fingerprint density at radius 3 is 3.12 bits per heavy atom. The molecule has 5 nitrogen and oxygen atoms in total. The van der Waals surface area contributed by atoms with E-state index < -0.39 is 0 Å². The van der Waals surface area contributed by atoms with Crippen LogP contribution in [0, 0.1) is 0 Å². The van der Waals surface area contributed by atoms with Crippen LogP contribution in [0.4, 0.5) is 0 Å². The van der Waals surface area contributed by atoms with Gasteiger partial charge < -0.3 is 15.9 Å². The average molecular weight is 231 g/mol. The van der Waals surface area contributed by atoms with E-state index in [-0.39, 0.29) is 5.91 Å². The summed E-state index contributed by atoms with van der Waals surface area (Å²) in [6.45, 7) is 0.482. The van der Waals surface area contributed by atoms with Crippen molar-refractivity contribution in [1.82, 2.24) is 5.32 Å². The lowest BCUT2D eigenvalue weighted by Crippen LogP contribution is -2.24. The van der Waals surface area contributed by atoms with E-state index in [2.05, 4.69) is 10.4 Å². The number of ether oxygens (including phenoxy) is 1. The van der Waals surface area contributed by atoms with E-state index in [0.29, 0.717) is 18.6 Å². The van der Waals surface area contributed by atoms with Crippen molar-refractivity contribution in [2.75, 3.05) is 6.61 Å². The van der Waals surface area contributed by atoms with Gasteiger partial charge in [0.25, 0.3) is 5.91 Å². The number of nitrogens with two attached hydrogens (primary N) is 1. The van der Waals surface area contributed by atoms with Crippen LogP contribution in [0.2, 0.25) is 0 Å². The van der Waals surface area contributed by atoms with E-state index in [1.54, 1.807) is 0 Å². The molecule has 1 aliphatic rings. The smallest absolute Gasteiger partial charge is 0.252 e. The molecule has 1 aromatic rings. The zero-order chi connectivity index (χ0) is 12.1. The van der Waals surface area contributed by atoms with Crippen molar-refractivity contribution in [1.29, 1.82) is 0 Å².